The maximum absolute atomic E-state index is 14.1. The lowest BCUT2D eigenvalue weighted by Gasteiger charge is -2.33. The summed E-state index contributed by atoms with van der Waals surface area (Å²) in [6.45, 7) is 5.65. The number of halogens is 1. The number of nitrogens with zero attached hydrogens (tertiary/aromatic N) is 4. The van der Waals surface area contributed by atoms with Crippen LogP contribution in [0.5, 0.6) is 0 Å². The molecule has 1 aliphatic rings. The lowest BCUT2D eigenvalue weighted by molar-refractivity contribution is 0.0778. The molecular weight excluding hydrogens is 323 g/mol. The van der Waals surface area contributed by atoms with Gasteiger partial charge in [0.15, 0.2) is 0 Å². The third-order valence-corrected chi connectivity index (χ3v) is 4.33. The summed E-state index contributed by atoms with van der Waals surface area (Å²) in [6.07, 6.45) is 1.68. The van der Waals surface area contributed by atoms with Crippen LogP contribution in [0.1, 0.15) is 12.5 Å². The van der Waals surface area contributed by atoms with Gasteiger partial charge in [-0.05, 0) is 19.1 Å². The fraction of sp³-hybridized carbons (Fsp3) is 0.444. The lowest BCUT2D eigenvalue weighted by atomic mass is 10.1. The molecule has 0 bridgehead atoms. The summed E-state index contributed by atoms with van der Waals surface area (Å²) in [6, 6.07) is 6.69. The van der Waals surface area contributed by atoms with Crippen molar-refractivity contribution in [2.45, 2.75) is 13.5 Å². The molecule has 0 radical (unpaired) electrons. The summed E-state index contributed by atoms with van der Waals surface area (Å²) in [5.74, 6) is -0.269. The van der Waals surface area contributed by atoms with Crippen LogP contribution < -0.4 is 0 Å². The molecule has 0 spiro atoms. The number of hydrogen-bond donors (Lipinski definition) is 0. The summed E-state index contributed by atoms with van der Waals surface area (Å²) < 4.78 is 20.9. The molecule has 0 unspecified atom stereocenters. The zero-order valence-corrected chi connectivity index (χ0v) is 14.6. The van der Waals surface area contributed by atoms with Gasteiger partial charge in [-0.3, -0.25) is 9.58 Å². The third kappa shape index (κ3) is 3.99. The normalized spacial score (nSPS) is 15.4. The zero-order valence-electron chi connectivity index (χ0n) is 14.6. The second-order valence-electron chi connectivity index (χ2n) is 6.12. The molecule has 0 saturated carbocycles. The predicted octanol–water partition coefficient (Wildman–Crippen LogP) is 2.50. The van der Waals surface area contributed by atoms with Crippen molar-refractivity contribution in [3.05, 3.63) is 41.8 Å². The van der Waals surface area contributed by atoms with Crippen LogP contribution in [0.4, 0.5) is 9.18 Å². The van der Waals surface area contributed by atoms with E-state index in [-0.39, 0.29) is 11.9 Å². The van der Waals surface area contributed by atoms with Gasteiger partial charge in [-0.1, -0.05) is 12.1 Å². The Morgan fingerprint density at radius 2 is 1.96 bits per heavy atom. The molecule has 0 aliphatic carbocycles. The van der Waals surface area contributed by atoms with Gasteiger partial charge < -0.3 is 9.64 Å². The molecule has 6 nitrogen and oxygen atoms in total. The lowest BCUT2D eigenvalue weighted by Crippen LogP contribution is -2.48. The highest BCUT2D eigenvalue weighted by molar-refractivity contribution is 5.67. The number of carbonyl (C=O) groups excluding carboxylic acids is 1. The van der Waals surface area contributed by atoms with Gasteiger partial charge in [-0.25, -0.2) is 9.18 Å². The topological polar surface area (TPSA) is 50.6 Å². The fourth-order valence-electron chi connectivity index (χ4n) is 3.08. The number of hydrogen-bond acceptors (Lipinski definition) is 4. The molecule has 2 aromatic rings. The Bertz CT molecular complexity index is 738. The maximum atomic E-state index is 14.1. The van der Waals surface area contributed by atoms with Gasteiger partial charge in [0.1, 0.15) is 5.82 Å². The van der Waals surface area contributed by atoms with Crippen molar-refractivity contribution in [2.75, 3.05) is 32.8 Å². The van der Waals surface area contributed by atoms with Gasteiger partial charge in [0.2, 0.25) is 0 Å². The third-order valence-electron chi connectivity index (χ3n) is 4.33. The first-order chi connectivity index (χ1) is 12.1. The van der Waals surface area contributed by atoms with Crippen LogP contribution in [0.15, 0.2) is 30.5 Å². The number of carbonyl (C=O) groups is 1. The summed E-state index contributed by atoms with van der Waals surface area (Å²) in [5.41, 5.74) is 2.17. The zero-order chi connectivity index (χ0) is 17.8. The van der Waals surface area contributed by atoms with Gasteiger partial charge in [0.25, 0.3) is 0 Å². The molecule has 0 atom stereocenters. The van der Waals surface area contributed by atoms with E-state index in [9.17, 15) is 9.18 Å². The van der Waals surface area contributed by atoms with Crippen molar-refractivity contribution in [3.63, 3.8) is 0 Å². The van der Waals surface area contributed by atoms with Gasteiger partial charge in [0.05, 0.1) is 12.3 Å². The van der Waals surface area contributed by atoms with Gasteiger partial charge in [0, 0.05) is 57.1 Å². The highest BCUT2D eigenvalue weighted by atomic mass is 19.1. The molecule has 0 N–H and O–H groups in total. The van der Waals surface area contributed by atoms with E-state index in [0.717, 1.165) is 18.7 Å². The van der Waals surface area contributed by atoms with Crippen molar-refractivity contribution in [2.24, 2.45) is 7.05 Å². The SMILES string of the molecule is CCOC(=O)N1CCN(Cc2cn(C)nc2-c2ccccc2F)CC1. The Morgan fingerprint density at radius 3 is 2.64 bits per heavy atom. The molecule has 1 fully saturated rings. The Labute approximate surface area is 146 Å². The molecule has 3 rings (SSSR count). The van der Waals surface area contributed by atoms with Crippen LogP contribution in [0.3, 0.4) is 0 Å². The van der Waals surface area contributed by atoms with E-state index in [2.05, 4.69) is 10.00 Å². The van der Waals surface area contributed by atoms with E-state index in [0.29, 0.717) is 37.5 Å². The smallest absolute Gasteiger partial charge is 0.409 e. The van der Waals surface area contributed by atoms with E-state index in [4.69, 9.17) is 4.74 Å². The Kier molecular flexibility index (Phi) is 5.33. The van der Waals surface area contributed by atoms with E-state index < -0.39 is 0 Å². The van der Waals surface area contributed by atoms with E-state index in [1.807, 2.05) is 19.3 Å². The van der Waals surface area contributed by atoms with Gasteiger partial charge >= 0.3 is 6.09 Å². The largest absolute Gasteiger partial charge is 0.450 e. The fourth-order valence-corrected chi connectivity index (χ4v) is 3.08. The number of aromatic nitrogens is 2. The summed E-state index contributed by atoms with van der Waals surface area (Å²) >= 11 is 0. The van der Waals surface area contributed by atoms with Crippen molar-refractivity contribution < 1.29 is 13.9 Å². The van der Waals surface area contributed by atoms with Crippen LogP contribution in [0.25, 0.3) is 11.3 Å². The van der Waals surface area contributed by atoms with Crippen LogP contribution in [-0.4, -0.2) is 58.5 Å². The van der Waals surface area contributed by atoms with Crippen molar-refractivity contribution in [3.8, 4) is 11.3 Å². The van der Waals surface area contributed by atoms with E-state index >= 15 is 0 Å². The first-order valence-corrected chi connectivity index (χ1v) is 8.50. The summed E-state index contributed by atoms with van der Waals surface area (Å²) in [4.78, 5) is 15.7. The van der Waals surface area contributed by atoms with Crippen LogP contribution in [-0.2, 0) is 18.3 Å². The Balaban J connectivity index is 1.69. The first-order valence-electron chi connectivity index (χ1n) is 8.50. The molecule has 1 amide bonds. The molecular formula is C18H23FN4O2. The number of piperazine rings is 1. The van der Waals surface area contributed by atoms with Gasteiger partial charge in [-0.15, -0.1) is 0 Å². The Hall–Kier alpha value is -2.41. The molecule has 1 aromatic carbocycles. The highest BCUT2D eigenvalue weighted by Gasteiger charge is 2.23. The molecule has 25 heavy (non-hydrogen) atoms. The van der Waals surface area contributed by atoms with Crippen molar-refractivity contribution in [1.82, 2.24) is 19.6 Å². The average molecular weight is 346 g/mol. The van der Waals surface area contributed by atoms with Crippen LogP contribution >= 0.6 is 0 Å². The minimum absolute atomic E-state index is 0.254. The molecule has 1 saturated heterocycles. The molecule has 2 heterocycles. The number of benzene rings is 1. The molecule has 1 aromatic heterocycles. The van der Waals surface area contributed by atoms with Crippen LogP contribution in [0.2, 0.25) is 0 Å². The van der Waals surface area contributed by atoms with Crippen molar-refractivity contribution >= 4 is 6.09 Å². The monoisotopic (exact) mass is 346 g/mol. The number of ether oxygens (including phenoxy) is 1. The second kappa shape index (κ2) is 7.65. The van der Waals surface area contributed by atoms with Crippen molar-refractivity contribution in [1.29, 1.82) is 0 Å². The predicted molar refractivity (Wildman–Crippen MR) is 92.5 cm³/mol. The average Bonchev–Trinajstić information content (AvgIpc) is 2.96. The highest BCUT2D eigenvalue weighted by Crippen LogP contribution is 2.26. The second-order valence-corrected chi connectivity index (χ2v) is 6.12. The molecule has 1 aliphatic heterocycles. The number of amides is 1. The maximum Gasteiger partial charge on any atom is 0.409 e. The standard InChI is InChI=1S/C18H23FN4O2/c1-3-25-18(24)23-10-8-22(9-11-23)13-14-12-21(2)20-17(14)15-6-4-5-7-16(15)19/h4-7,12H,3,8-11,13H2,1-2H3. The first kappa shape index (κ1) is 17.4. The van der Waals surface area contributed by atoms with Crippen LogP contribution in [0, 0.1) is 5.82 Å². The summed E-state index contributed by atoms with van der Waals surface area (Å²) in [7, 11) is 1.84. The Morgan fingerprint density at radius 1 is 1.24 bits per heavy atom. The van der Waals surface area contributed by atoms with E-state index in [1.165, 1.54) is 6.07 Å². The summed E-state index contributed by atoms with van der Waals surface area (Å²) in [5, 5.41) is 4.44. The minimum atomic E-state index is -0.269. The number of rotatable bonds is 4. The van der Waals surface area contributed by atoms with E-state index in [1.54, 1.807) is 28.6 Å². The number of aryl methyl sites for hydroxylation is 1. The molecule has 7 heteroatoms. The quantitative estimate of drug-likeness (QED) is 0.854. The van der Waals surface area contributed by atoms with Gasteiger partial charge in [-0.2, -0.15) is 5.10 Å². The minimum Gasteiger partial charge on any atom is -0.450 e. The molecule has 134 valence electrons.